The predicted molar refractivity (Wildman–Crippen MR) is 323 cm³/mol. The van der Waals surface area contributed by atoms with Crippen molar-refractivity contribution in [1.82, 2.24) is 9.97 Å². The first-order chi connectivity index (χ1) is 36.6. The van der Waals surface area contributed by atoms with Crippen molar-refractivity contribution in [2.45, 2.75) is 82.1 Å². The Morgan fingerprint density at radius 1 is 0.385 bits per heavy atom. The number of aromatic nitrogens is 2. The number of benzene rings is 9. The van der Waals surface area contributed by atoms with Crippen LogP contribution in [0.5, 0.6) is 0 Å². The fourth-order valence-corrected chi connectivity index (χ4v) is 11.6. The van der Waals surface area contributed by atoms with Crippen molar-refractivity contribution in [3.8, 4) is 89.1 Å². The van der Waals surface area contributed by atoms with Gasteiger partial charge in [-0.1, -0.05) is 204 Å². The fraction of sp³-hybridized carbons (Fsp3) is 0.189. The molecule has 0 unspecified atom stereocenters. The minimum Gasteiger partial charge on any atom is -0.304 e. The molecule has 78 heavy (non-hydrogen) atoms. The van der Waals surface area contributed by atoms with Gasteiger partial charge in [0.15, 0.2) is 0 Å². The summed E-state index contributed by atoms with van der Waals surface area (Å²) in [5.74, 6) is 0. The zero-order valence-corrected chi connectivity index (χ0v) is 51.2. The Kier molecular flexibility index (Phi) is 16.3. The first-order valence-corrected chi connectivity index (χ1v) is 26.9. The number of hydrogen-bond donors (Lipinski definition) is 0. The van der Waals surface area contributed by atoms with Crippen molar-refractivity contribution in [2.24, 2.45) is 10.8 Å². The van der Waals surface area contributed by atoms with E-state index in [2.05, 4.69) is 264 Å². The van der Waals surface area contributed by atoms with E-state index in [0.717, 1.165) is 79.2 Å². The third kappa shape index (κ3) is 11.3. The van der Waals surface area contributed by atoms with Crippen LogP contribution in [0, 0.1) is 50.7 Å². The third-order valence-corrected chi connectivity index (χ3v) is 15.3. The Bertz CT molecular complexity index is 3940. The maximum atomic E-state index is 5.23. The van der Waals surface area contributed by atoms with Crippen molar-refractivity contribution in [3.63, 3.8) is 0 Å². The van der Waals surface area contributed by atoms with Gasteiger partial charge in [-0.3, -0.25) is 0 Å². The molecule has 0 aliphatic carbocycles. The molecule has 0 saturated heterocycles. The van der Waals surface area contributed by atoms with Crippen LogP contribution in [0.25, 0.3) is 111 Å². The smallest absolute Gasteiger partial charge is 0.0245 e. The van der Waals surface area contributed by atoms with Crippen LogP contribution in [0.1, 0.15) is 74.9 Å². The number of nitrogens with zero attached hydrogens (tertiary/aromatic N) is 2. The molecule has 0 bridgehead atoms. The van der Waals surface area contributed by atoms with Gasteiger partial charge in [-0.2, -0.15) is 0 Å². The van der Waals surface area contributed by atoms with Crippen LogP contribution in [-0.4, -0.2) is 9.97 Å². The van der Waals surface area contributed by atoms with E-state index >= 15 is 0 Å². The number of fused-ring (bicyclic) bond motifs is 3. The molecule has 2 heterocycles. The van der Waals surface area contributed by atoms with Gasteiger partial charge < -0.3 is 9.97 Å². The quantitative estimate of drug-likeness (QED) is 0.101. The summed E-state index contributed by atoms with van der Waals surface area (Å²) < 4.78 is 0. The van der Waals surface area contributed by atoms with Gasteiger partial charge in [-0.25, -0.2) is 0 Å². The second kappa shape index (κ2) is 22.8. The molecular formula is C74H66Ir2N2-2. The first kappa shape index (κ1) is 55.8. The molecule has 2 aromatic heterocycles. The summed E-state index contributed by atoms with van der Waals surface area (Å²) in [5, 5.41) is 3.31. The molecule has 0 amide bonds. The summed E-state index contributed by atoms with van der Waals surface area (Å²) in [7, 11) is 0. The molecule has 0 fully saturated rings. The van der Waals surface area contributed by atoms with Crippen molar-refractivity contribution in [3.05, 3.63) is 240 Å². The van der Waals surface area contributed by atoms with Gasteiger partial charge in [0.2, 0.25) is 0 Å². The topological polar surface area (TPSA) is 25.8 Å². The van der Waals surface area contributed by atoms with E-state index in [9.17, 15) is 0 Å². The van der Waals surface area contributed by atoms with Crippen LogP contribution in [0.15, 0.2) is 194 Å². The largest absolute Gasteiger partial charge is 0.304 e. The maximum Gasteiger partial charge on any atom is 0.0245 e. The van der Waals surface area contributed by atoms with Gasteiger partial charge in [0.25, 0.3) is 0 Å². The van der Waals surface area contributed by atoms with Crippen LogP contribution in [0.3, 0.4) is 0 Å². The van der Waals surface area contributed by atoms with Crippen LogP contribution in [-0.2, 0) is 53.1 Å². The van der Waals surface area contributed by atoms with E-state index in [1.807, 2.05) is 12.1 Å². The summed E-state index contributed by atoms with van der Waals surface area (Å²) in [6.45, 7) is 22.9. The Labute approximate surface area is 490 Å². The van der Waals surface area contributed by atoms with E-state index in [1.54, 1.807) is 0 Å². The summed E-state index contributed by atoms with van der Waals surface area (Å²) in [4.78, 5) is 10.5. The molecule has 9 aromatic carbocycles. The molecule has 4 heteroatoms. The van der Waals surface area contributed by atoms with E-state index < -0.39 is 0 Å². The number of rotatable bonds is 10. The van der Waals surface area contributed by atoms with Crippen molar-refractivity contribution in [2.75, 3.05) is 0 Å². The number of pyridine rings is 2. The molecule has 2 radical (unpaired) electrons. The van der Waals surface area contributed by atoms with Crippen molar-refractivity contribution >= 4 is 21.7 Å². The molecular weight excluding hydrogens is 1300 g/mol. The summed E-state index contributed by atoms with van der Waals surface area (Å²) in [6, 6.07) is 73.3. The first-order valence-electron chi connectivity index (χ1n) is 26.9. The molecule has 0 atom stereocenters. The van der Waals surface area contributed by atoms with Crippen LogP contribution < -0.4 is 0 Å². The fourth-order valence-electron chi connectivity index (χ4n) is 11.6. The minimum absolute atomic E-state index is 0. The zero-order chi connectivity index (χ0) is 52.9. The molecule has 0 N–H and O–H groups in total. The second-order valence-corrected chi connectivity index (χ2v) is 23.4. The van der Waals surface area contributed by atoms with Crippen molar-refractivity contribution in [1.29, 1.82) is 0 Å². The van der Waals surface area contributed by atoms with Crippen LogP contribution in [0.4, 0.5) is 0 Å². The third-order valence-electron chi connectivity index (χ3n) is 15.3. The van der Waals surface area contributed by atoms with Crippen LogP contribution in [0.2, 0.25) is 0 Å². The normalized spacial score (nSPS) is 11.6. The van der Waals surface area contributed by atoms with Crippen LogP contribution >= 0.6 is 0 Å². The zero-order valence-electron chi connectivity index (χ0n) is 46.5. The molecule has 11 aromatic rings. The number of hydrogen-bond acceptors (Lipinski definition) is 2. The van der Waals surface area contributed by atoms with Crippen molar-refractivity contribution < 1.29 is 40.2 Å². The Morgan fingerprint density at radius 3 is 1.51 bits per heavy atom. The molecule has 11 rings (SSSR count). The van der Waals surface area contributed by atoms with Gasteiger partial charge in [0.1, 0.15) is 0 Å². The minimum atomic E-state index is 0. The maximum absolute atomic E-state index is 5.23. The Hall–Kier alpha value is -6.90. The van der Waals surface area contributed by atoms with Gasteiger partial charge in [0, 0.05) is 58.2 Å². The molecule has 0 aliphatic rings. The molecule has 2 nitrogen and oxygen atoms in total. The second-order valence-electron chi connectivity index (χ2n) is 23.4. The summed E-state index contributed by atoms with van der Waals surface area (Å²) in [5.41, 5.74) is 27.6. The van der Waals surface area contributed by atoms with E-state index in [4.69, 9.17) is 9.97 Å². The standard InChI is InChI=1S/C74H66N2.2Ir/c1-47-49(3)71(65-27-17-15-25-62(65)68-46-75-69(42-67(68)54-20-12-11-13-21-54)57-23-18-22-56(40-57)53-34-30-51(31-35-53)43-73(5,6)7)50(4)48(2)70(47)64-26-16-14-24-61(64)59-41-58-38-39-63-60(28-19-29-66(63)72(58)76-45-59)55-36-32-52(33-37-55)44-74(8,9)10;;/h11-22,24-28,30-42,45-46H,43-44H2,1-10H3;;/q-2;;. The Morgan fingerprint density at radius 2 is 0.910 bits per heavy atom. The molecule has 0 spiro atoms. The average Bonchev–Trinajstić information content (AvgIpc) is 3.52. The average molecular weight is 1370 g/mol. The van der Waals surface area contributed by atoms with E-state index in [1.165, 1.54) is 77.9 Å². The molecule has 0 saturated carbocycles. The summed E-state index contributed by atoms with van der Waals surface area (Å²) >= 11 is 0. The van der Waals surface area contributed by atoms with Gasteiger partial charge in [0.05, 0.1) is 0 Å². The SMILES string of the molecule is Cc1c(C)c(-c2ccccc2-c2cnc(-c3[c-]ccc(-c4ccc(CC(C)(C)C)cc4)c3)cc2-c2ccccc2)c(C)c(C)c1-c1ccccc1-c1cnc2c(ccc3c(-c4ccc(CC(C)(C)C)cc4)cc[c-]c32)c1.[Ir].[Ir]. The Balaban J connectivity index is 0.00000370. The summed E-state index contributed by atoms with van der Waals surface area (Å²) in [6.07, 6.45) is 6.23. The molecule has 0 aliphatic heterocycles. The molecule has 392 valence electrons. The van der Waals surface area contributed by atoms with Gasteiger partial charge in [-0.15, -0.1) is 59.0 Å². The van der Waals surface area contributed by atoms with Gasteiger partial charge >= 0.3 is 0 Å². The van der Waals surface area contributed by atoms with E-state index in [0.29, 0.717) is 0 Å². The van der Waals surface area contributed by atoms with E-state index in [-0.39, 0.29) is 51.0 Å². The monoisotopic (exact) mass is 1370 g/mol. The van der Waals surface area contributed by atoms with Gasteiger partial charge in [-0.05, 0) is 163 Å². The predicted octanol–water partition coefficient (Wildman–Crippen LogP) is 20.1.